The van der Waals surface area contributed by atoms with Gasteiger partial charge in [0.1, 0.15) is 10.7 Å². The van der Waals surface area contributed by atoms with Crippen LogP contribution in [0.1, 0.15) is 23.3 Å². The van der Waals surface area contributed by atoms with Crippen LogP contribution in [-0.4, -0.2) is 41.4 Å². The molecular weight excluding hydrogens is 308 g/mol. The number of carbonyl (C=O) groups is 1. The lowest BCUT2D eigenvalue weighted by atomic mass is 9.91. The molecule has 3 heterocycles. The second kappa shape index (κ2) is 6.23. The number of nitrogens with one attached hydrogen (secondary N) is 1. The molecule has 112 valence electrons. The molecule has 0 saturated carbocycles. The van der Waals surface area contributed by atoms with E-state index in [0.717, 1.165) is 9.88 Å². The summed E-state index contributed by atoms with van der Waals surface area (Å²) in [6.07, 6.45) is 1.24. The highest BCUT2D eigenvalue weighted by molar-refractivity contribution is 7.20. The van der Waals surface area contributed by atoms with Crippen molar-refractivity contribution >= 4 is 28.6 Å². The third kappa shape index (κ3) is 3.16. The van der Waals surface area contributed by atoms with Crippen LogP contribution in [0.3, 0.4) is 0 Å². The number of nitrogens with zero attached hydrogens (tertiary/aromatic N) is 1. The van der Waals surface area contributed by atoms with Crippen LogP contribution in [0.2, 0.25) is 0 Å². The summed E-state index contributed by atoms with van der Waals surface area (Å²) in [6, 6.07) is 3.95. The Balaban J connectivity index is 1.73. The van der Waals surface area contributed by atoms with Gasteiger partial charge in [0.05, 0.1) is 17.0 Å². The molecule has 0 aliphatic carbocycles. The maximum atomic E-state index is 12.3. The summed E-state index contributed by atoms with van der Waals surface area (Å²) < 4.78 is 5.29. The average Bonchev–Trinajstić information content (AvgIpc) is 3.19. The molecule has 2 aromatic rings. The summed E-state index contributed by atoms with van der Waals surface area (Å²) in [5.74, 6) is -0.231. The van der Waals surface area contributed by atoms with Gasteiger partial charge < -0.3 is 15.2 Å². The fraction of sp³-hybridized carbons (Fsp3) is 0.429. The molecule has 0 spiro atoms. The summed E-state index contributed by atoms with van der Waals surface area (Å²) in [4.78, 5) is 17.8. The van der Waals surface area contributed by atoms with E-state index in [0.29, 0.717) is 31.7 Å². The van der Waals surface area contributed by atoms with Crippen LogP contribution in [-0.2, 0) is 4.74 Å². The van der Waals surface area contributed by atoms with E-state index >= 15 is 0 Å². The highest BCUT2D eigenvalue weighted by Crippen LogP contribution is 2.28. The maximum absolute atomic E-state index is 12.3. The Hall–Kier alpha value is -1.28. The summed E-state index contributed by atoms with van der Waals surface area (Å²) in [7, 11) is 0. The van der Waals surface area contributed by atoms with Crippen LogP contribution in [0.5, 0.6) is 0 Å². The molecule has 21 heavy (non-hydrogen) atoms. The first-order chi connectivity index (χ1) is 10.2. The van der Waals surface area contributed by atoms with Crippen molar-refractivity contribution in [2.45, 2.75) is 18.4 Å². The molecule has 0 bridgehead atoms. The van der Waals surface area contributed by atoms with E-state index in [1.165, 1.54) is 11.3 Å². The normalized spacial score (nSPS) is 17.6. The van der Waals surface area contributed by atoms with Gasteiger partial charge in [-0.3, -0.25) is 4.79 Å². The summed E-state index contributed by atoms with van der Waals surface area (Å²) in [5, 5.41) is 17.1. The van der Waals surface area contributed by atoms with Crippen LogP contribution in [0.4, 0.5) is 0 Å². The summed E-state index contributed by atoms with van der Waals surface area (Å²) in [5.41, 5.74) is -0.176. The molecule has 1 fully saturated rings. The number of hydrogen-bond donors (Lipinski definition) is 2. The first-order valence-corrected chi connectivity index (χ1v) is 8.49. The van der Waals surface area contributed by atoms with Crippen LogP contribution >= 0.6 is 22.7 Å². The van der Waals surface area contributed by atoms with Gasteiger partial charge >= 0.3 is 0 Å². The van der Waals surface area contributed by atoms with Gasteiger partial charge in [0.15, 0.2) is 0 Å². The first kappa shape index (κ1) is 14.6. The lowest BCUT2D eigenvalue weighted by molar-refractivity contribution is 0.0124. The Kier molecular flexibility index (Phi) is 4.34. The third-order valence-corrected chi connectivity index (χ3v) is 5.48. The molecule has 3 rings (SSSR count). The second-order valence-corrected chi connectivity index (χ2v) is 6.83. The zero-order chi connectivity index (χ0) is 14.7. The fourth-order valence-electron chi connectivity index (χ4n) is 2.28. The Morgan fingerprint density at radius 3 is 2.90 bits per heavy atom. The highest BCUT2D eigenvalue weighted by Gasteiger charge is 2.34. The van der Waals surface area contributed by atoms with Gasteiger partial charge in [-0.05, 0) is 24.3 Å². The number of carbonyl (C=O) groups excluding carboxylic acids is 1. The van der Waals surface area contributed by atoms with E-state index < -0.39 is 5.54 Å². The third-order valence-electron chi connectivity index (χ3n) is 3.60. The molecule has 0 unspecified atom stereocenters. The lowest BCUT2D eigenvalue weighted by Crippen LogP contribution is -2.54. The molecule has 7 heteroatoms. The molecule has 1 saturated heterocycles. The van der Waals surface area contributed by atoms with Crippen molar-refractivity contribution in [2.24, 2.45) is 0 Å². The van der Waals surface area contributed by atoms with Crippen LogP contribution < -0.4 is 5.32 Å². The topological polar surface area (TPSA) is 71.5 Å². The van der Waals surface area contributed by atoms with Crippen LogP contribution in [0.15, 0.2) is 22.9 Å². The zero-order valence-electron chi connectivity index (χ0n) is 11.4. The minimum atomic E-state index is -0.581. The number of ether oxygens (including phenoxy) is 1. The molecule has 1 aliphatic heterocycles. The number of aliphatic hydroxyl groups is 1. The minimum absolute atomic E-state index is 0.0793. The fourth-order valence-corrected chi connectivity index (χ4v) is 3.90. The van der Waals surface area contributed by atoms with Gasteiger partial charge in [0.2, 0.25) is 0 Å². The average molecular weight is 324 g/mol. The van der Waals surface area contributed by atoms with E-state index in [-0.39, 0.29) is 12.5 Å². The molecule has 1 aliphatic rings. The van der Waals surface area contributed by atoms with Crippen molar-refractivity contribution in [3.63, 3.8) is 0 Å². The molecule has 0 aromatic carbocycles. The molecule has 5 nitrogen and oxygen atoms in total. The lowest BCUT2D eigenvalue weighted by Gasteiger charge is -2.36. The van der Waals surface area contributed by atoms with Crippen molar-refractivity contribution < 1.29 is 14.6 Å². The second-order valence-electron chi connectivity index (χ2n) is 5.02. The number of aromatic nitrogens is 1. The number of aliphatic hydroxyl groups excluding tert-OH is 1. The highest BCUT2D eigenvalue weighted by atomic mass is 32.1. The van der Waals surface area contributed by atoms with Crippen molar-refractivity contribution in [1.82, 2.24) is 10.3 Å². The van der Waals surface area contributed by atoms with Crippen molar-refractivity contribution in [3.05, 3.63) is 28.6 Å². The summed E-state index contributed by atoms with van der Waals surface area (Å²) in [6.45, 7) is 1.03. The monoisotopic (exact) mass is 324 g/mol. The smallest absolute Gasteiger partial charge is 0.271 e. The quantitative estimate of drug-likeness (QED) is 0.904. The minimum Gasteiger partial charge on any atom is -0.394 e. The molecule has 0 radical (unpaired) electrons. The molecule has 2 aromatic heterocycles. The van der Waals surface area contributed by atoms with E-state index in [2.05, 4.69) is 10.3 Å². The summed E-state index contributed by atoms with van der Waals surface area (Å²) >= 11 is 3.06. The van der Waals surface area contributed by atoms with E-state index in [1.54, 1.807) is 16.7 Å². The van der Waals surface area contributed by atoms with Gasteiger partial charge in [-0.25, -0.2) is 4.98 Å². The van der Waals surface area contributed by atoms with Gasteiger partial charge in [0.25, 0.3) is 5.91 Å². The van der Waals surface area contributed by atoms with E-state index in [9.17, 15) is 9.90 Å². The number of amides is 1. The Morgan fingerprint density at radius 2 is 2.24 bits per heavy atom. The van der Waals surface area contributed by atoms with Gasteiger partial charge in [-0.1, -0.05) is 6.07 Å². The Bertz CT molecular complexity index is 604. The largest absolute Gasteiger partial charge is 0.394 e. The Labute approximate surface area is 130 Å². The van der Waals surface area contributed by atoms with Gasteiger partial charge in [-0.15, -0.1) is 22.7 Å². The van der Waals surface area contributed by atoms with E-state index in [4.69, 9.17) is 4.74 Å². The van der Waals surface area contributed by atoms with Crippen LogP contribution in [0.25, 0.3) is 9.88 Å². The number of thiophene rings is 1. The first-order valence-electron chi connectivity index (χ1n) is 6.73. The molecule has 1 amide bonds. The van der Waals surface area contributed by atoms with Crippen molar-refractivity contribution in [3.8, 4) is 9.88 Å². The molecule has 2 N–H and O–H groups in total. The van der Waals surface area contributed by atoms with Crippen molar-refractivity contribution in [2.75, 3.05) is 19.8 Å². The van der Waals surface area contributed by atoms with Crippen molar-refractivity contribution in [1.29, 1.82) is 0 Å². The number of hydrogen-bond acceptors (Lipinski definition) is 6. The molecule has 0 atom stereocenters. The number of thiazole rings is 1. The standard InChI is InChI=1S/C14H16N2O3S2/c17-9-14(3-5-19-6-4-14)16-12(18)10-8-21-13(15-10)11-2-1-7-20-11/h1-2,7-8,17H,3-6,9H2,(H,16,18). The maximum Gasteiger partial charge on any atom is 0.271 e. The predicted octanol–water partition coefficient (Wildman–Crippen LogP) is 2.14. The Morgan fingerprint density at radius 1 is 1.43 bits per heavy atom. The van der Waals surface area contributed by atoms with Gasteiger partial charge in [0, 0.05) is 18.6 Å². The zero-order valence-corrected chi connectivity index (χ0v) is 13.0. The SMILES string of the molecule is O=C(NC1(CO)CCOCC1)c1csc(-c2cccs2)n1. The van der Waals surface area contributed by atoms with E-state index in [1.807, 2.05) is 17.5 Å². The molecular formula is C14H16N2O3S2. The predicted molar refractivity (Wildman–Crippen MR) is 82.8 cm³/mol. The number of rotatable bonds is 4. The van der Waals surface area contributed by atoms with Crippen LogP contribution in [0, 0.1) is 0 Å². The van der Waals surface area contributed by atoms with Gasteiger partial charge in [-0.2, -0.15) is 0 Å².